The number of nitrogens with zero attached hydrogens (tertiary/aromatic N) is 2. The third-order valence-electron chi connectivity index (χ3n) is 3.79. The van der Waals surface area contributed by atoms with E-state index in [1.165, 1.54) is 34.4 Å². The van der Waals surface area contributed by atoms with Gasteiger partial charge in [-0.15, -0.1) is 11.3 Å². The summed E-state index contributed by atoms with van der Waals surface area (Å²) in [4.78, 5) is 13.4. The number of carbonyl (C=O) groups excluding carboxylic acids is 1. The highest BCUT2D eigenvalue weighted by atomic mass is 32.1. The van der Waals surface area contributed by atoms with Crippen molar-refractivity contribution in [3.05, 3.63) is 33.3 Å². The van der Waals surface area contributed by atoms with E-state index in [2.05, 4.69) is 12.0 Å². The normalized spacial score (nSPS) is 10.9. The summed E-state index contributed by atoms with van der Waals surface area (Å²) in [6.45, 7) is 8.62. The molecule has 0 aromatic carbocycles. The zero-order valence-corrected chi connectivity index (χ0v) is 14.6. The van der Waals surface area contributed by atoms with Crippen molar-refractivity contribution in [2.24, 2.45) is 0 Å². The van der Waals surface area contributed by atoms with Gasteiger partial charge in [0.2, 0.25) is 0 Å². The van der Waals surface area contributed by atoms with Crippen molar-refractivity contribution in [3.8, 4) is 5.75 Å². The van der Waals surface area contributed by atoms with Crippen LogP contribution >= 0.6 is 11.3 Å². The number of hydrogen-bond acceptors (Lipinski definition) is 4. The Hall–Kier alpha value is -1.62. The minimum Gasteiger partial charge on any atom is -0.492 e. The van der Waals surface area contributed by atoms with Crippen LogP contribution in [0.5, 0.6) is 5.75 Å². The highest BCUT2D eigenvalue weighted by Gasteiger charge is 2.21. The van der Waals surface area contributed by atoms with E-state index in [4.69, 9.17) is 4.74 Å². The molecule has 2 aromatic heterocycles. The Bertz CT molecular complexity index is 643. The summed E-state index contributed by atoms with van der Waals surface area (Å²) in [7, 11) is 0. The van der Waals surface area contributed by atoms with Gasteiger partial charge >= 0.3 is 0 Å². The van der Waals surface area contributed by atoms with Crippen molar-refractivity contribution < 1.29 is 9.53 Å². The fourth-order valence-electron chi connectivity index (χ4n) is 2.61. The molecular weight excluding hydrogens is 296 g/mol. The number of ether oxygens (including phenoxy) is 1. The topological polar surface area (TPSA) is 44.1 Å². The Morgan fingerprint density at radius 3 is 2.77 bits per heavy atom. The summed E-state index contributed by atoms with van der Waals surface area (Å²) in [5.41, 5.74) is 3.11. The number of aromatic nitrogens is 2. The lowest BCUT2D eigenvalue weighted by Crippen LogP contribution is -2.15. The number of rotatable bonds is 7. The first-order valence-electron chi connectivity index (χ1n) is 7.90. The lowest BCUT2D eigenvalue weighted by molar-refractivity contribution is 0.0943. The summed E-state index contributed by atoms with van der Waals surface area (Å²) in [5.74, 6) is 0.554. The Labute approximate surface area is 136 Å². The lowest BCUT2D eigenvalue weighted by atomic mass is 10.1. The molecular formula is C17H24N2O2S. The van der Waals surface area contributed by atoms with Crippen molar-refractivity contribution in [1.29, 1.82) is 0 Å². The first-order chi connectivity index (χ1) is 10.6. The Kier molecular flexibility index (Phi) is 5.77. The van der Waals surface area contributed by atoms with E-state index in [1.807, 2.05) is 32.2 Å². The Morgan fingerprint density at radius 1 is 1.32 bits per heavy atom. The standard InChI is InChI=1S/C17H24N2O2S/c1-5-7-8-9-14-12(3)18-19(13(14)4)17(20)16-15(21-6-2)10-11-22-16/h10-11H,5-9H2,1-4H3. The molecule has 0 N–H and O–H groups in total. The van der Waals surface area contributed by atoms with Crippen molar-refractivity contribution >= 4 is 17.2 Å². The van der Waals surface area contributed by atoms with E-state index in [1.54, 1.807) is 0 Å². The highest BCUT2D eigenvalue weighted by Crippen LogP contribution is 2.27. The molecule has 0 aliphatic carbocycles. The maximum Gasteiger partial charge on any atom is 0.292 e. The van der Waals surface area contributed by atoms with Gasteiger partial charge in [-0.3, -0.25) is 4.79 Å². The van der Waals surface area contributed by atoms with Crippen LogP contribution in [0.2, 0.25) is 0 Å². The van der Waals surface area contributed by atoms with E-state index in [0.717, 1.165) is 24.2 Å². The fraction of sp³-hybridized carbons (Fsp3) is 0.529. The van der Waals surface area contributed by atoms with Crippen LogP contribution in [0.15, 0.2) is 11.4 Å². The molecule has 0 bridgehead atoms. The molecule has 120 valence electrons. The molecule has 0 aliphatic heterocycles. The van der Waals surface area contributed by atoms with Crippen LogP contribution in [0.3, 0.4) is 0 Å². The summed E-state index contributed by atoms with van der Waals surface area (Å²) in [6.07, 6.45) is 4.53. The lowest BCUT2D eigenvalue weighted by Gasteiger charge is -2.06. The predicted octanol–water partition coefficient (Wildman–Crippen LogP) is 4.38. The molecule has 5 heteroatoms. The number of hydrogen-bond donors (Lipinski definition) is 0. The predicted molar refractivity (Wildman–Crippen MR) is 90.1 cm³/mol. The molecule has 0 radical (unpaired) electrons. The third kappa shape index (κ3) is 3.40. The maximum absolute atomic E-state index is 12.8. The van der Waals surface area contributed by atoms with Gasteiger partial charge in [-0.25, -0.2) is 0 Å². The number of aryl methyl sites for hydroxylation is 1. The van der Waals surface area contributed by atoms with Crippen molar-refractivity contribution in [2.45, 2.75) is 53.4 Å². The van der Waals surface area contributed by atoms with Crippen LogP contribution in [0.4, 0.5) is 0 Å². The van der Waals surface area contributed by atoms with Crippen molar-refractivity contribution in [1.82, 2.24) is 9.78 Å². The second-order valence-electron chi connectivity index (χ2n) is 5.37. The van der Waals surface area contributed by atoms with Gasteiger partial charge in [0, 0.05) is 5.69 Å². The molecule has 0 fully saturated rings. The maximum atomic E-state index is 12.8. The summed E-state index contributed by atoms with van der Waals surface area (Å²) in [5, 5.41) is 6.35. The van der Waals surface area contributed by atoms with E-state index in [-0.39, 0.29) is 5.91 Å². The number of carbonyl (C=O) groups is 1. The molecule has 2 heterocycles. The largest absolute Gasteiger partial charge is 0.492 e. The molecule has 0 aliphatic rings. The highest BCUT2D eigenvalue weighted by molar-refractivity contribution is 7.12. The number of unbranched alkanes of at least 4 members (excludes halogenated alkanes) is 2. The third-order valence-corrected chi connectivity index (χ3v) is 4.67. The first kappa shape index (κ1) is 16.7. The van der Waals surface area contributed by atoms with Gasteiger partial charge in [0.15, 0.2) is 0 Å². The van der Waals surface area contributed by atoms with E-state index >= 15 is 0 Å². The van der Waals surface area contributed by atoms with Gasteiger partial charge in [0.1, 0.15) is 10.6 Å². The zero-order valence-electron chi connectivity index (χ0n) is 13.8. The van der Waals surface area contributed by atoms with Crippen LogP contribution in [-0.2, 0) is 6.42 Å². The van der Waals surface area contributed by atoms with Gasteiger partial charge in [-0.2, -0.15) is 9.78 Å². The molecule has 0 saturated carbocycles. The fourth-order valence-corrected chi connectivity index (χ4v) is 3.36. The van der Waals surface area contributed by atoms with Crippen molar-refractivity contribution in [3.63, 3.8) is 0 Å². The molecule has 0 unspecified atom stereocenters. The van der Waals surface area contributed by atoms with Crippen molar-refractivity contribution in [2.75, 3.05) is 6.61 Å². The molecule has 2 rings (SSSR count). The van der Waals surface area contributed by atoms with Crippen LogP contribution in [0.1, 0.15) is 59.7 Å². The van der Waals surface area contributed by atoms with E-state index in [0.29, 0.717) is 17.2 Å². The van der Waals surface area contributed by atoms with Gasteiger partial charge in [0.05, 0.1) is 12.3 Å². The molecule has 0 atom stereocenters. The second-order valence-corrected chi connectivity index (χ2v) is 6.29. The van der Waals surface area contributed by atoms with E-state index < -0.39 is 0 Å². The van der Waals surface area contributed by atoms with Crippen LogP contribution < -0.4 is 4.74 Å². The quantitative estimate of drug-likeness (QED) is 0.711. The van der Waals surface area contributed by atoms with Crippen LogP contribution in [-0.4, -0.2) is 22.3 Å². The molecule has 0 spiro atoms. The van der Waals surface area contributed by atoms with E-state index in [9.17, 15) is 4.79 Å². The minimum atomic E-state index is -0.0965. The van der Waals surface area contributed by atoms with Gasteiger partial charge in [-0.05, 0) is 50.6 Å². The molecule has 2 aromatic rings. The number of thiophene rings is 1. The first-order valence-corrected chi connectivity index (χ1v) is 8.78. The summed E-state index contributed by atoms with van der Waals surface area (Å²) >= 11 is 1.40. The summed E-state index contributed by atoms with van der Waals surface area (Å²) < 4.78 is 7.06. The minimum absolute atomic E-state index is 0.0965. The smallest absolute Gasteiger partial charge is 0.292 e. The van der Waals surface area contributed by atoms with Gasteiger partial charge in [0.25, 0.3) is 5.91 Å². The monoisotopic (exact) mass is 320 g/mol. The van der Waals surface area contributed by atoms with Gasteiger partial charge in [-0.1, -0.05) is 19.8 Å². The van der Waals surface area contributed by atoms with Crippen LogP contribution in [0.25, 0.3) is 0 Å². The summed E-state index contributed by atoms with van der Waals surface area (Å²) in [6, 6.07) is 1.84. The average Bonchev–Trinajstić information content (AvgIpc) is 3.06. The molecule has 4 nitrogen and oxygen atoms in total. The molecule has 0 amide bonds. The SMILES string of the molecule is CCCCCc1c(C)nn(C(=O)c2sccc2OCC)c1C. The van der Waals surface area contributed by atoms with Gasteiger partial charge < -0.3 is 4.74 Å². The Morgan fingerprint density at radius 2 is 2.09 bits per heavy atom. The zero-order chi connectivity index (χ0) is 16.1. The van der Waals surface area contributed by atoms with Crippen LogP contribution in [0, 0.1) is 13.8 Å². The molecule has 22 heavy (non-hydrogen) atoms. The average molecular weight is 320 g/mol. The molecule has 0 saturated heterocycles. The Balaban J connectivity index is 2.26. The second kappa shape index (κ2) is 7.58.